The minimum absolute atomic E-state index is 0.233. The van der Waals surface area contributed by atoms with Gasteiger partial charge in [0.25, 0.3) is 0 Å². The van der Waals surface area contributed by atoms with Crippen molar-refractivity contribution < 1.29 is 9.50 Å². The van der Waals surface area contributed by atoms with Gasteiger partial charge in [-0.25, -0.2) is 4.39 Å². The summed E-state index contributed by atoms with van der Waals surface area (Å²) >= 11 is 0. The highest BCUT2D eigenvalue weighted by Crippen LogP contribution is 2.30. The standard InChI is InChI=1S/C17H20FNO/c1-12-8-10-19(11-9-12)17(20)15-6-7-16(18)14-5-3-2-4-13(14)15/h2-7,12,17,20H,8-11H2,1H3. The van der Waals surface area contributed by atoms with Crippen molar-refractivity contribution in [3.05, 3.63) is 47.8 Å². The van der Waals surface area contributed by atoms with Gasteiger partial charge in [0.2, 0.25) is 0 Å². The third-order valence-corrected chi connectivity index (χ3v) is 4.35. The van der Waals surface area contributed by atoms with E-state index >= 15 is 0 Å². The van der Waals surface area contributed by atoms with Crippen LogP contribution in [0.4, 0.5) is 4.39 Å². The van der Waals surface area contributed by atoms with Crippen molar-refractivity contribution in [2.24, 2.45) is 5.92 Å². The van der Waals surface area contributed by atoms with E-state index in [9.17, 15) is 9.50 Å². The van der Waals surface area contributed by atoms with Crippen molar-refractivity contribution in [1.82, 2.24) is 4.90 Å². The largest absolute Gasteiger partial charge is 0.374 e. The number of hydrogen-bond acceptors (Lipinski definition) is 2. The van der Waals surface area contributed by atoms with Crippen LogP contribution in [0.15, 0.2) is 36.4 Å². The van der Waals surface area contributed by atoms with Crippen LogP contribution in [0.3, 0.4) is 0 Å². The molecule has 106 valence electrons. The predicted octanol–water partition coefficient (Wildman–Crippen LogP) is 3.70. The van der Waals surface area contributed by atoms with Crippen LogP contribution in [0, 0.1) is 11.7 Å². The second kappa shape index (κ2) is 5.51. The van der Waals surface area contributed by atoms with Gasteiger partial charge in [0.1, 0.15) is 12.0 Å². The Morgan fingerprint density at radius 3 is 2.45 bits per heavy atom. The summed E-state index contributed by atoms with van der Waals surface area (Å²) in [6.07, 6.45) is 1.57. The Morgan fingerprint density at radius 2 is 1.75 bits per heavy atom. The maximum atomic E-state index is 13.8. The average Bonchev–Trinajstić information content (AvgIpc) is 2.48. The molecule has 2 aromatic rings. The molecule has 3 rings (SSSR count). The summed E-state index contributed by atoms with van der Waals surface area (Å²) in [5.41, 5.74) is 0.802. The molecule has 2 nitrogen and oxygen atoms in total. The fraction of sp³-hybridized carbons (Fsp3) is 0.412. The van der Waals surface area contributed by atoms with Crippen LogP contribution >= 0.6 is 0 Å². The number of halogens is 1. The molecule has 0 aromatic heterocycles. The Balaban J connectivity index is 1.95. The summed E-state index contributed by atoms with van der Waals surface area (Å²) in [5.74, 6) is 0.493. The second-order valence-electron chi connectivity index (χ2n) is 5.77. The molecule has 1 saturated heterocycles. The van der Waals surface area contributed by atoms with Gasteiger partial charge in [-0.05, 0) is 30.2 Å². The Bertz CT molecular complexity index is 605. The summed E-state index contributed by atoms with van der Waals surface area (Å²) in [7, 11) is 0. The number of nitrogens with zero attached hydrogens (tertiary/aromatic N) is 1. The molecular formula is C17H20FNO. The zero-order valence-electron chi connectivity index (χ0n) is 11.7. The van der Waals surface area contributed by atoms with Gasteiger partial charge in [0.15, 0.2) is 0 Å². The topological polar surface area (TPSA) is 23.5 Å². The summed E-state index contributed by atoms with van der Waals surface area (Å²) in [6, 6.07) is 10.5. The zero-order chi connectivity index (χ0) is 14.1. The lowest BCUT2D eigenvalue weighted by Gasteiger charge is -2.34. The van der Waals surface area contributed by atoms with Crippen molar-refractivity contribution in [3.8, 4) is 0 Å². The number of aliphatic hydroxyl groups excluding tert-OH is 1. The van der Waals surface area contributed by atoms with Crippen LogP contribution in [0.1, 0.15) is 31.6 Å². The van der Waals surface area contributed by atoms with Crippen LogP contribution in [-0.4, -0.2) is 23.1 Å². The molecule has 3 heteroatoms. The summed E-state index contributed by atoms with van der Waals surface area (Å²) < 4.78 is 13.8. The second-order valence-corrected chi connectivity index (χ2v) is 5.77. The van der Waals surface area contributed by atoms with Crippen molar-refractivity contribution in [3.63, 3.8) is 0 Å². The first-order valence-corrected chi connectivity index (χ1v) is 7.26. The highest BCUT2D eigenvalue weighted by Gasteiger charge is 2.24. The van der Waals surface area contributed by atoms with Crippen molar-refractivity contribution in [2.75, 3.05) is 13.1 Å². The summed E-state index contributed by atoms with van der Waals surface area (Å²) in [5, 5.41) is 12.0. The van der Waals surface area contributed by atoms with Crippen LogP contribution < -0.4 is 0 Å². The molecule has 1 heterocycles. The number of aliphatic hydroxyl groups is 1. The van der Waals surface area contributed by atoms with Crippen LogP contribution in [0.25, 0.3) is 10.8 Å². The number of fused-ring (bicyclic) bond motifs is 1. The van der Waals surface area contributed by atoms with E-state index in [1.54, 1.807) is 12.1 Å². The first kappa shape index (κ1) is 13.5. The highest BCUT2D eigenvalue weighted by molar-refractivity contribution is 5.86. The van der Waals surface area contributed by atoms with E-state index in [4.69, 9.17) is 0 Å². The maximum absolute atomic E-state index is 13.8. The van der Waals surface area contributed by atoms with E-state index in [1.807, 2.05) is 18.2 Å². The lowest BCUT2D eigenvalue weighted by atomic mass is 9.97. The van der Waals surface area contributed by atoms with Gasteiger partial charge in [0, 0.05) is 24.0 Å². The lowest BCUT2D eigenvalue weighted by molar-refractivity contribution is -0.0164. The Labute approximate surface area is 118 Å². The third kappa shape index (κ3) is 2.43. The number of piperidine rings is 1. The molecule has 1 atom stereocenters. The molecule has 1 unspecified atom stereocenters. The van der Waals surface area contributed by atoms with Crippen molar-refractivity contribution >= 4 is 10.8 Å². The molecule has 0 aliphatic carbocycles. The normalized spacial score (nSPS) is 19.4. The van der Waals surface area contributed by atoms with Gasteiger partial charge < -0.3 is 5.11 Å². The Morgan fingerprint density at radius 1 is 1.10 bits per heavy atom. The van der Waals surface area contributed by atoms with Crippen molar-refractivity contribution in [1.29, 1.82) is 0 Å². The van der Waals surface area contributed by atoms with E-state index < -0.39 is 6.23 Å². The smallest absolute Gasteiger partial charge is 0.134 e. The molecule has 1 N–H and O–H groups in total. The predicted molar refractivity (Wildman–Crippen MR) is 78.8 cm³/mol. The Kier molecular flexibility index (Phi) is 3.72. The summed E-state index contributed by atoms with van der Waals surface area (Å²) in [4.78, 5) is 2.08. The number of hydrogen-bond donors (Lipinski definition) is 1. The van der Waals surface area contributed by atoms with E-state index in [0.29, 0.717) is 5.39 Å². The quantitative estimate of drug-likeness (QED) is 0.901. The zero-order valence-corrected chi connectivity index (χ0v) is 11.7. The van der Waals surface area contributed by atoms with E-state index in [0.717, 1.165) is 42.8 Å². The fourth-order valence-corrected chi connectivity index (χ4v) is 2.98. The van der Waals surface area contributed by atoms with E-state index in [1.165, 1.54) is 6.07 Å². The van der Waals surface area contributed by atoms with Gasteiger partial charge >= 0.3 is 0 Å². The molecular weight excluding hydrogens is 253 g/mol. The van der Waals surface area contributed by atoms with Gasteiger partial charge in [-0.3, -0.25) is 4.90 Å². The van der Waals surface area contributed by atoms with Gasteiger partial charge in [-0.1, -0.05) is 37.3 Å². The molecule has 0 saturated carbocycles. The SMILES string of the molecule is CC1CCN(C(O)c2ccc(F)c3ccccc23)CC1. The molecule has 1 fully saturated rings. The molecule has 0 amide bonds. The minimum Gasteiger partial charge on any atom is -0.374 e. The molecule has 1 aliphatic heterocycles. The first-order valence-electron chi connectivity index (χ1n) is 7.26. The lowest BCUT2D eigenvalue weighted by Crippen LogP contribution is -2.36. The van der Waals surface area contributed by atoms with Crippen LogP contribution in [0.2, 0.25) is 0 Å². The number of benzene rings is 2. The minimum atomic E-state index is -0.645. The van der Waals surface area contributed by atoms with Crippen molar-refractivity contribution in [2.45, 2.75) is 26.0 Å². The molecule has 0 bridgehead atoms. The molecule has 2 aromatic carbocycles. The van der Waals surface area contributed by atoms with Gasteiger partial charge in [-0.2, -0.15) is 0 Å². The van der Waals surface area contributed by atoms with E-state index in [2.05, 4.69) is 11.8 Å². The van der Waals surface area contributed by atoms with E-state index in [-0.39, 0.29) is 5.82 Å². The summed E-state index contributed by atoms with van der Waals surface area (Å²) in [6.45, 7) is 4.04. The van der Waals surface area contributed by atoms with Gasteiger partial charge in [0.05, 0.1) is 0 Å². The average molecular weight is 273 g/mol. The fourth-order valence-electron chi connectivity index (χ4n) is 2.98. The third-order valence-electron chi connectivity index (χ3n) is 4.35. The van der Waals surface area contributed by atoms with Crippen LogP contribution in [-0.2, 0) is 0 Å². The van der Waals surface area contributed by atoms with Crippen LogP contribution in [0.5, 0.6) is 0 Å². The molecule has 1 aliphatic rings. The van der Waals surface area contributed by atoms with Gasteiger partial charge in [-0.15, -0.1) is 0 Å². The molecule has 0 spiro atoms. The molecule has 0 radical (unpaired) electrons. The number of likely N-dealkylation sites (tertiary alicyclic amines) is 1. The maximum Gasteiger partial charge on any atom is 0.134 e. The highest BCUT2D eigenvalue weighted by atomic mass is 19.1. The monoisotopic (exact) mass is 273 g/mol. The molecule has 20 heavy (non-hydrogen) atoms. The Hall–Kier alpha value is -1.45. The first-order chi connectivity index (χ1) is 9.66. The number of rotatable bonds is 2.